The third-order valence-corrected chi connectivity index (χ3v) is 6.35. The SMILES string of the molecule is CCCN1C(C)=NS(=O)(=O)c2cc(C(=O)N[C@@H](C)CCc3ccccc3)ccc21. The molecule has 1 amide bonds. The predicted octanol–water partition coefficient (Wildman–Crippen LogP) is 3.77. The van der Waals surface area contributed by atoms with Crippen LogP contribution < -0.4 is 10.2 Å². The predicted molar refractivity (Wildman–Crippen MR) is 116 cm³/mol. The van der Waals surface area contributed by atoms with E-state index < -0.39 is 10.0 Å². The largest absolute Gasteiger partial charge is 0.350 e. The molecule has 0 saturated carbocycles. The van der Waals surface area contributed by atoms with Crippen LogP contribution in [0.2, 0.25) is 0 Å². The van der Waals surface area contributed by atoms with Crippen LogP contribution in [-0.2, 0) is 16.4 Å². The van der Waals surface area contributed by atoms with Crippen molar-refractivity contribution < 1.29 is 13.2 Å². The Morgan fingerprint density at radius 3 is 2.59 bits per heavy atom. The van der Waals surface area contributed by atoms with E-state index in [1.807, 2.05) is 36.9 Å². The molecule has 1 aliphatic rings. The summed E-state index contributed by atoms with van der Waals surface area (Å²) in [7, 11) is -3.81. The van der Waals surface area contributed by atoms with E-state index in [0.29, 0.717) is 23.6 Å². The Kier molecular flexibility index (Phi) is 6.37. The molecule has 0 radical (unpaired) electrons. The summed E-state index contributed by atoms with van der Waals surface area (Å²) in [5.74, 6) is 0.169. The quantitative estimate of drug-likeness (QED) is 0.749. The lowest BCUT2D eigenvalue weighted by molar-refractivity contribution is 0.0938. The number of carbonyl (C=O) groups is 1. The van der Waals surface area contributed by atoms with Gasteiger partial charge in [-0.25, -0.2) is 0 Å². The first-order chi connectivity index (χ1) is 13.8. The number of anilines is 1. The molecule has 0 bridgehead atoms. The normalized spacial score (nSPS) is 16.0. The lowest BCUT2D eigenvalue weighted by atomic mass is 10.1. The van der Waals surface area contributed by atoms with E-state index in [1.54, 1.807) is 19.1 Å². The summed E-state index contributed by atoms with van der Waals surface area (Å²) in [6.45, 7) is 6.33. The minimum absolute atomic E-state index is 0.0350. The van der Waals surface area contributed by atoms with Gasteiger partial charge in [-0.2, -0.15) is 8.42 Å². The van der Waals surface area contributed by atoms with Crippen LogP contribution in [0.15, 0.2) is 57.8 Å². The number of hydrogen-bond donors (Lipinski definition) is 1. The third-order valence-electron chi connectivity index (χ3n) is 4.97. The van der Waals surface area contributed by atoms with Crippen molar-refractivity contribution in [3.05, 3.63) is 59.7 Å². The topological polar surface area (TPSA) is 78.8 Å². The maximum atomic E-state index is 12.7. The van der Waals surface area contributed by atoms with E-state index in [-0.39, 0.29) is 16.8 Å². The van der Waals surface area contributed by atoms with Gasteiger partial charge in [-0.3, -0.25) is 4.79 Å². The fourth-order valence-corrected chi connectivity index (χ4v) is 4.71. The minimum atomic E-state index is -3.81. The van der Waals surface area contributed by atoms with Gasteiger partial charge in [0.25, 0.3) is 15.9 Å². The number of aryl methyl sites for hydroxylation is 1. The summed E-state index contributed by atoms with van der Waals surface area (Å²) in [5, 5.41) is 2.96. The van der Waals surface area contributed by atoms with Crippen molar-refractivity contribution in [1.29, 1.82) is 0 Å². The van der Waals surface area contributed by atoms with Gasteiger partial charge in [-0.05, 0) is 56.9 Å². The first kappa shape index (κ1) is 21.0. The van der Waals surface area contributed by atoms with Gasteiger partial charge in [0.2, 0.25) is 0 Å². The number of nitrogens with zero attached hydrogens (tertiary/aromatic N) is 2. The summed E-state index contributed by atoms with van der Waals surface area (Å²) in [6.07, 6.45) is 2.51. The van der Waals surface area contributed by atoms with Gasteiger partial charge in [-0.1, -0.05) is 37.3 Å². The van der Waals surface area contributed by atoms with E-state index in [0.717, 1.165) is 19.3 Å². The highest BCUT2D eigenvalue weighted by atomic mass is 32.2. The van der Waals surface area contributed by atoms with E-state index in [1.165, 1.54) is 11.6 Å². The average Bonchev–Trinajstić information content (AvgIpc) is 2.69. The molecule has 1 N–H and O–H groups in total. The molecular weight excluding hydrogens is 386 g/mol. The summed E-state index contributed by atoms with van der Waals surface area (Å²) >= 11 is 0. The molecule has 0 aromatic heterocycles. The molecule has 0 fully saturated rings. The second kappa shape index (κ2) is 8.78. The van der Waals surface area contributed by atoms with E-state index in [4.69, 9.17) is 0 Å². The highest BCUT2D eigenvalue weighted by Crippen LogP contribution is 2.32. The molecule has 1 aliphatic heterocycles. The van der Waals surface area contributed by atoms with Crippen LogP contribution >= 0.6 is 0 Å². The van der Waals surface area contributed by atoms with Crippen molar-refractivity contribution >= 4 is 27.5 Å². The fraction of sp³-hybridized carbons (Fsp3) is 0.364. The second-order valence-corrected chi connectivity index (χ2v) is 8.92. The number of nitrogens with one attached hydrogen (secondary N) is 1. The van der Waals surface area contributed by atoms with Crippen LogP contribution in [0.25, 0.3) is 0 Å². The molecule has 0 spiro atoms. The Hall–Kier alpha value is -2.67. The van der Waals surface area contributed by atoms with Gasteiger partial charge < -0.3 is 10.2 Å². The van der Waals surface area contributed by atoms with Crippen LogP contribution in [0.3, 0.4) is 0 Å². The number of sulfonamides is 1. The molecule has 1 heterocycles. The Morgan fingerprint density at radius 2 is 1.90 bits per heavy atom. The van der Waals surface area contributed by atoms with Gasteiger partial charge in [0.15, 0.2) is 0 Å². The Balaban J connectivity index is 1.74. The van der Waals surface area contributed by atoms with Crippen molar-refractivity contribution in [2.45, 2.75) is 51.0 Å². The monoisotopic (exact) mass is 413 g/mol. The van der Waals surface area contributed by atoms with Crippen LogP contribution in [-0.4, -0.2) is 32.7 Å². The Bertz CT molecular complexity index is 1020. The van der Waals surface area contributed by atoms with Crippen LogP contribution in [0.5, 0.6) is 0 Å². The van der Waals surface area contributed by atoms with Gasteiger partial charge in [0, 0.05) is 18.2 Å². The Morgan fingerprint density at radius 1 is 1.17 bits per heavy atom. The third kappa shape index (κ3) is 4.85. The number of benzene rings is 2. The fourth-order valence-electron chi connectivity index (χ4n) is 3.44. The van der Waals surface area contributed by atoms with Gasteiger partial charge >= 0.3 is 0 Å². The van der Waals surface area contributed by atoms with Crippen LogP contribution in [0.1, 0.15) is 49.5 Å². The summed E-state index contributed by atoms with van der Waals surface area (Å²) in [5.41, 5.74) is 2.12. The zero-order chi connectivity index (χ0) is 21.0. The maximum Gasteiger partial charge on any atom is 0.286 e. The minimum Gasteiger partial charge on any atom is -0.350 e. The zero-order valence-electron chi connectivity index (χ0n) is 17.1. The molecule has 29 heavy (non-hydrogen) atoms. The zero-order valence-corrected chi connectivity index (χ0v) is 17.9. The van der Waals surface area contributed by atoms with Crippen molar-refractivity contribution in [3.63, 3.8) is 0 Å². The lowest BCUT2D eigenvalue weighted by Gasteiger charge is -2.29. The molecule has 1 atom stereocenters. The first-order valence-corrected chi connectivity index (χ1v) is 11.3. The first-order valence-electron chi connectivity index (χ1n) is 9.89. The molecule has 2 aromatic rings. The number of amidine groups is 1. The van der Waals surface area contributed by atoms with Crippen molar-refractivity contribution in [1.82, 2.24) is 5.32 Å². The van der Waals surface area contributed by atoms with Gasteiger partial charge in [0.05, 0.1) is 5.69 Å². The number of amides is 1. The molecule has 0 unspecified atom stereocenters. The van der Waals surface area contributed by atoms with Crippen molar-refractivity contribution in [2.75, 3.05) is 11.4 Å². The number of fused-ring (bicyclic) bond motifs is 1. The van der Waals surface area contributed by atoms with E-state index >= 15 is 0 Å². The highest BCUT2D eigenvalue weighted by Gasteiger charge is 2.29. The van der Waals surface area contributed by atoms with Gasteiger partial charge in [0.1, 0.15) is 10.7 Å². The molecular formula is C22H27N3O3S. The maximum absolute atomic E-state index is 12.7. The molecule has 154 valence electrons. The molecule has 0 saturated heterocycles. The lowest BCUT2D eigenvalue weighted by Crippen LogP contribution is -2.35. The van der Waals surface area contributed by atoms with Crippen LogP contribution in [0, 0.1) is 0 Å². The average molecular weight is 414 g/mol. The summed E-state index contributed by atoms with van der Waals surface area (Å²) in [6, 6.07) is 14.9. The molecule has 3 rings (SSSR count). The standard InChI is InChI=1S/C22H27N3O3S/c1-4-14-25-17(3)24-29(27,28)21-15-19(12-13-20(21)25)22(26)23-16(2)10-11-18-8-6-5-7-9-18/h5-9,12-13,15-16H,4,10-11,14H2,1-3H3,(H,23,26)/t16-/m0/s1. The van der Waals surface area contributed by atoms with Crippen molar-refractivity contribution in [2.24, 2.45) is 4.40 Å². The summed E-state index contributed by atoms with van der Waals surface area (Å²) in [4.78, 5) is 14.6. The molecule has 7 heteroatoms. The van der Waals surface area contributed by atoms with E-state index in [9.17, 15) is 13.2 Å². The number of carbonyl (C=O) groups excluding carboxylic acids is 1. The van der Waals surface area contributed by atoms with Crippen LogP contribution in [0.4, 0.5) is 5.69 Å². The number of rotatable bonds is 7. The van der Waals surface area contributed by atoms with Gasteiger partial charge in [-0.15, -0.1) is 4.40 Å². The number of hydrogen-bond acceptors (Lipinski definition) is 4. The molecule has 0 aliphatic carbocycles. The Labute approximate surface area is 172 Å². The van der Waals surface area contributed by atoms with E-state index in [2.05, 4.69) is 21.8 Å². The molecule has 2 aromatic carbocycles. The molecule has 6 nitrogen and oxygen atoms in total. The van der Waals surface area contributed by atoms with Crippen molar-refractivity contribution in [3.8, 4) is 0 Å². The highest BCUT2D eigenvalue weighted by molar-refractivity contribution is 7.90. The smallest absolute Gasteiger partial charge is 0.286 e. The summed E-state index contributed by atoms with van der Waals surface area (Å²) < 4.78 is 29.0. The second-order valence-electron chi connectivity index (χ2n) is 7.35.